The van der Waals surface area contributed by atoms with Crippen LogP contribution < -0.4 is 16.0 Å². The van der Waals surface area contributed by atoms with E-state index >= 15 is 0 Å². The van der Waals surface area contributed by atoms with Crippen molar-refractivity contribution in [3.63, 3.8) is 0 Å². The van der Waals surface area contributed by atoms with Crippen molar-refractivity contribution in [2.75, 3.05) is 16.0 Å². The van der Waals surface area contributed by atoms with E-state index in [-0.39, 0.29) is 17.7 Å². The Morgan fingerprint density at radius 3 is 1.18 bits per heavy atom. The zero-order valence-corrected chi connectivity index (χ0v) is 18.5. The summed E-state index contributed by atoms with van der Waals surface area (Å²) in [6, 6.07) is 29.8. The molecule has 4 aromatic carbocycles. The molecule has 6 heteroatoms. The van der Waals surface area contributed by atoms with Crippen LogP contribution in [0.4, 0.5) is 17.1 Å². The molecule has 0 radical (unpaired) electrons. The van der Waals surface area contributed by atoms with Gasteiger partial charge in [-0.2, -0.15) is 0 Å². The number of amides is 3. The lowest BCUT2D eigenvalue weighted by molar-refractivity contribution is 0.101. The minimum atomic E-state index is -0.301. The van der Waals surface area contributed by atoms with Gasteiger partial charge in [0.25, 0.3) is 17.7 Å². The van der Waals surface area contributed by atoms with E-state index in [0.717, 1.165) is 0 Å². The van der Waals surface area contributed by atoms with Gasteiger partial charge in [-0.15, -0.1) is 0 Å². The smallest absolute Gasteiger partial charge is 0.255 e. The van der Waals surface area contributed by atoms with Crippen molar-refractivity contribution in [1.29, 1.82) is 0 Å². The Bertz CT molecular complexity index is 1250. The Labute approximate surface area is 197 Å². The first kappa shape index (κ1) is 22.5. The van der Waals surface area contributed by atoms with Crippen LogP contribution in [0.5, 0.6) is 0 Å². The summed E-state index contributed by atoms with van der Waals surface area (Å²) in [5, 5.41) is 8.63. The quantitative estimate of drug-likeness (QED) is 0.350. The monoisotopic (exact) mass is 449 g/mol. The Balaban J connectivity index is 1.66. The van der Waals surface area contributed by atoms with Gasteiger partial charge in [0.05, 0.1) is 0 Å². The van der Waals surface area contributed by atoms with E-state index in [1.54, 1.807) is 91.9 Å². The molecule has 3 amide bonds. The normalized spacial score (nSPS) is 10.3. The van der Waals surface area contributed by atoms with Gasteiger partial charge >= 0.3 is 0 Å². The molecule has 0 aliphatic carbocycles. The van der Waals surface area contributed by atoms with Crippen molar-refractivity contribution in [2.45, 2.75) is 6.92 Å². The standard InChI is InChI=1S/C28H23N3O3/c1-19-24(30-27(33)21-13-7-3-8-14-21)17-23(29-26(32)20-11-5-2-6-12-20)18-25(19)31-28(34)22-15-9-4-10-16-22/h2-18H,1H3,(H,29,32)(H,30,33)(H,31,34). The molecule has 0 atom stereocenters. The number of benzene rings is 4. The lowest BCUT2D eigenvalue weighted by Crippen LogP contribution is -2.17. The maximum absolute atomic E-state index is 12.8. The highest BCUT2D eigenvalue weighted by Crippen LogP contribution is 2.30. The van der Waals surface area contributed by atoms with Crippen molar-refractivity contribution in [3.05, 3.63) is 125 Å². The Morgan fingerprint density at radius 2 is 0.824 bits per heavy atom. The predicted molar refractivity (Wildman–Crippen MR) is 134 cm³/mol. The van der Waals surface area contributed by atoms with Gasteiger partial charge in [0.2, 0.25) is 0 Å². The number of hydrogen-bond acceptors (Lipinski definition) is 3. The molecule has 6 nitrogen and oxygen atoms in total. The van der Waals surface area contributed by atoms with Crippen molar-refractivity contribution in [1.82, 2.24) is 0 Å². The van der Waals surface area contributed by atoms with Crippen LogP contribution in [0.1, 0.15) is 36.6 Å². The molecular formula is C28H23N3O3. The van der Waals surface area contributed by atoms with Crippen molar-refractivity contribution in [3.8, 4) is 0 Å². The van der Waals surface area contributed by atoms with Crippen molar-refractivity contribution >= 4 is 34.8 Å². The number of hydrogen-bond donors (Lipinski definition) is 3. The van der Waals surface area contributed by atoms with Gasteiger partial charge in [0, 0.05) is 33.8 Å². The van der Waals surface area contributed by atoms with Crippen molar-refractivity contribution < 1.29 is 14.4 Å². The summed E-state index contributed by atoms with van der Waals surface area (Å²) in [5.41, 5.74) is 3.53. The maximum atomic E-state index is 12.8. The maximum Gasteiger partial charge on any atom is 0.255 e. The van der Waals surface area contributed by atoms with Crippen LogP contribution in [0.15, 0.2) is 103 Å². The third-order valence-corrected chi connectivity index (χ3v) is 5.27. The number of nitrogens with one attached hydrogen (secondary N) is 3. The fraction of sp³-hybridized carbons (Fsp3) is 0.0357. The summed E-state index contributed by atoms with van der Waals surface area (Å²) in [6.45, 7) is 1.80. The second-order valence-corrected chi connectivity index (χ2v) is 7.66. The number of carbonyl (C=O) groups excluding carboxylic acids is 3. The zero-order chi connectivity index (χ0) is 23.9. The molecule has 0 unspecified atom stereocenters. The van der Waals surface area contributed by atoms with Crippen LogP contribution in [0, 0.1) is 6.92 Å². The first-order valence-corrected chi connectivity index (χ1v) is 10.7. The molecule has 0 aliphatic heterocycles. The van der Waals surface area contributed by atoms with Gasteiger partial charge in [-0.3, -0.25) is 14.4 Å². The first-order valence-electron chi connectivity index (χ1n) is 10.7. The molecule has 0 aromatic heterocycles. The molecule has 0 saturated carbocycles. The summed E-state index contributed by atoms with van der Waals surface area (Å²) in [7, 11) is 0. The Kier molecular flexibility index (Phi) is 6.79. The average molecular weight is 450 g/mol. The molecule has 4 rings (SSSR count). The highest BCUT2D eigenvalue weighted by Gasteiger charge is 2.16. The lowest BCUT2D eigenvalue weighted by Gasteiger charge is -2.17. The van der Waals surface area contributed by atoms with E-state index < -0.39 is 0 Å². The van der Waals surface area contributed by atoms with Crippen LogP contribution in [0.3, 0.4) is 0 Å². The van der Waals surface area contributed by atoms with E-state index in [1.165, 1.54) is 0 Å². The second kappa shape index (κ2) is 10.3. The van der Waals surface area contributed by atoms with Gasteiger partial charge in [0.15, 0.2) is 0 Å². The summed E-state index contributed by atoms with van der Waals surface area (Å²) < 4.78 is 0. The second-order valence-electron chi connectivity index (χ2n) is 7.66. The van der Waals surface area contributed by atoms with Gasteiger partial charge in [-0.1, -0.05) is 54.6 Å². The number of rotatable bonds is 6. The summed E-state index contributed by atoms with van der Waals surface area (Å²) in [6.07, 6.45) is 0. The largest absolute Gasteiger partial charge is 0.322 e. The van der Waals surface area contributed by atoms with E-state index in [1.807, 2.05) is 18.2 Å². The minimum absolute atomic E-state index is 0.296. The fourth-order valence-corrected chi connectivity index (χ4v) is 3.41. The zero-order valence-electron chi connectivity index (χ0n) is 18.5. The first-order chi connectivity index (χ1) is 16.5. The molecule has 168 valence electrons. The highest BCUT2D eigenvalue weighted by atomic mass is 16.2. The molecule has 0 spiro atoms. The fourth-order valence-electron chi connectivity index (χ4n) is 3.41. The van der Waals surface area contributed by atoms with E-state index in [4.69, 9.17) is 0 Å². The van der Waals surface area contributed by atoms with Crippen LogP contribution in [0.25, 0.3) is 0 Å². The van der Waals surface area contributed by atoms with Crippen LogP contribution in [-0.2, 0) is 0 Å². The van der Waals surface area contributed by atoms with Crippen LogP contribution in [-0.4, -0.2) is 17.7 Å². The predicted octanol–water partition coefficient (Wildman–Crippen LogP) is 5.75. The number of anilines is 3. The van der Waals surface area contributed by atoms with Crippen LogP contribution >= 0.6 is 0 Å². The molecule has 3 N–H and O–H groups in total. The molecule has 4 aromatic rings. The molecular weight excluding hydrogens is 426 g/mol. The molecule has 0 bridgehead atoms. The third kappa shape index (κ3) is 5.37. The van der Waals surface area contributed by atoms with Gasteiger partial charge < -0.3 is 16.0 Å². The van der Waals surface area contributed by atoms with Crippen molar-refractivity contribution in [2.24, 2.45) is 0 Å². The van der Waals surface area contributed by atoms with E-state index in [0.29, 0.717) is 39.3 Å². The Hall–Kier alpha value is -4.71. The van der Waals surface area contributed by atoms with E-state index in [9.17, 15) is 14.4 Å². The summed E-state index contributed by atoms with van der Waals surface area (Å²) >= 11 is 0. The molecule has 34 heavy (non-hydrogen) atoms. The topological polar surface area (TPSA) is 87.3 Å². The van der Waals surface area contributed by atoms with Gasteiger partial charge in [0.1, 0.15) is 0 Å². The summed E-state index contributed by atoms with van der Waals surface area (Å²) in [4.78, 5) is 38.3. The van der Waals surface area contributed by atoms with Gasteiger partial charge in [-0.25, -0.2) is 0 Å². The van der Waals surface area contributed by atoms with E-state index in [2.05, 4.69) is 16.0 Å². The molecule has 0 aliphatic rings. The average Bonchev–Trinajstić information content (AvgIpc) is 2.88. The third-order valence-electron chi connectivity index (χ3n) is 5.27. The minimum Gasteiger partial charge on any atom is -0.322 e. The summed E-state index contributed by atoms with van der Waals surface area (Å²) in [5.74, 6) is -0.892. The van der Waals surface area contributed by atoms with Crippen LogP contribution in [0.2, 0.25) is 0 Å². The SMILES string of the molecule is Cc1c(NC(=O)c2ccccc2)cc(NC(=O)c2ccccc2)cc1NC(=O)c1ccccc1. The molecule has 0 fully saturated rings. The molecule has 0 saturated heterocycles. The molecule has 0 heterocycles. The van der Waals surface area contributed by atoms with Gasteiger partial charge in [-0.05, 0) is 61.0 Å². The Morgan fingerprint density at radius 1 is 0.500 bits per heavy atom. The number of carbonyl (C=O) groups is 3. The lowest BCUT2D eigenvalue weighted by atomic mass is 10.1. The highest BCUT2D eigenvalue weighted by molar-refractivity contribution is 6.09.